The van der Waals surface area contributed by atoms with Crippen molar-refractivity contribution in [3.05, 3.63) is 24.2 Å². The van der Waals surface area contributed by atoms with Gasteiger partial charge in [0.1, 0.15) is 5.76 Å². The van der Waals surface area contributed by atoms with Crippen LogP contribution in [0.15, 0.2) is 22.8 Å². The van der Waals surface area contributed by atoms with Crippen LogP contribution in [-0.4, -0.2) is 30.4 Å². The molecule has 0 spiro atoms. The summed E-state index contributed by atoms with van der Waals surface area (Å²) in [5.41, 5.74) is 0. The molecule has 1 fully saturated rings. The summed E-state index contributed by atoms with van der Waals surface area (Å²) in [6.07, 6.45) is 1.95. The second-order valence-electron chi connectivity index (χ2n) is 4.99. The fraction of sp³-hybridized carbons (Fsp3) is 0.571. The number of furan rings is 1. The van der Waals surface area contributed by atoms with Crippen LogP contribution in [-0.2, 0) is 11.3 Å². The van der Waals surface area contributed by atoms with Gasteiger partial charge >= 0.3 is 0 Å². The van der Waals surface area contributed by atoms with Crippen molar-refractivity contribution >= 4 is 5.91 Å². The molecular weight excluding hydrogens is 242 g/mol. The SMILES string of the molecule is CC1CNCC1C(=O)N(CCC#N)Cc1ccco1. The molecule has 0 aliphatic carbocycles. The zero-order valence-corrected chi connectivity index (χ0v) is 11.1. The average molecular weight is 261 g/mol. The number of carbonyl (C=O) groups excluding carboxylic acids is 1. The minimum absolute atomic E-state index is 0.00801. The Hall–Kier alpha value is -1.80. The van der Waals surface area contributed by atoms with Crippen LogP contribution in [0.2, 0.25) is 0 Å². The number of nitrogens with zero attached hydrogens (tertiary/aromatic N) is 2. The van der Waals surface area contributed by atoms with E-state index in [9.17, 15) is 4.79 Å². The highest BCUT2D eigenvalue weighted by Crippen LogP contribution is 2.20. The Kier molecular flexibility index (Phi) is 4.58. The third-order valence-corrected chi connectivity index (χ3v) is 3.57. The highest BCUT2D eigenvalue weighted by atomic mass is 16.3. The largest absolute Gasteiger partial charge is 0.467 e. The van der Waals surface area contributed by atoms with E-state index in [0.717, 1.165) is 18.8 Å². The van der Waals surface area contributed by atoms with E-state index in [2.05, 4.69) is 18.3 Å². The smallest absolute Gasteiger partial charge is 0.227 e. The van der Waals surface area contributed by atoms with E-state index >= 15 is 0 Å². The quantitative estimate of drug-likeness (QED) is 0.869. The van der Waals surface area contributed by atoms with Crippen LogP contribution in [0.3, 0.4) is 0 Å². The van der Waals surface area contributed by atoms with E-state index < -0.39 is 0 Å². The molecule has 1 aliphatic heterocycles. The monoisotopic (exact) mass is 261 g/mol. The molecule has 0 saturated carbocycles. The van der Waals surface area contributed by atoms with E-state index in [-0.39, 0.29) is 11.8 Å². The predicted molar refractivity (Wildman–Crippen MR) is 69.9 cm³/mol. The van der Waals surface area contributed by atoms with Gasteiger partial charge in [0.25, 0.3) is 0 Å². The van der Waals surface area contributed by atoms with Crippen molar-refractivity contribution < 1.29 is 9.21 Å². The van der Waals surface area contributed by atoms with Crippen molar-refractivity contribution in [3.8, 4) is 6.07 Å². The first kappa shape index (κ1) is 13.6. The van der Waals surface area contributed by atoms with Gasteiger partial charge in [-0.3, -0.25) is 4.79 Å². The molecule has 1 aromatic rings. The van der Waals surface area contributed by atoms with Gasteiger partial charge in [0.15, 0.2) is 0 Å². The summed E-state index contributed by atoms with van der Waals surface area (Å²) in [7, 11) is 0. The van der Waals surface area contributed by atoms with Gasteiger partial charge in [-0.25, -0.2) is 0 Å². The van der Waals surface area contributed by atoms with E-state index in [1.807, 2.05) is 12.1 Å². The first-order valence-electron chi connectivity index (χ1n) is 6.61. The van der Waals surface area contributed by atoms with E-state index in [1.54, 1.807) is 11.2 Å². The number of carbonyl (C=O) groups is 1. The normalized spacial score (nSPS) is 22.1. The summed E-state index contributed by atoms with van der Waals surface area (Å²) in [6.45, 7) is 4.58. The Balaban J connectivity index is 2.03. The van der Waals surface area contributed by atoms with Gasteiger partial charge in [-0.05, 0) is 24.6 Å². The van der Waals surface area contributed by atoms with E-state index in [0.29, 0.717) is 25.4 Å². The van der Waals surface area contributed by atoms with Crippen molar-refractivity contribution in [1.82, 2.24) is 10.2 Å². The summed E-state index contributed by atoms with van der Waals surface area (Å²) >= 11 is 0. The molecule has 5 heteroatoms. The Morgan fingerprint density at radius 3 is 3.05 bits per heavy atom. The minimum Gasteiger partial charge on any atom is -0.467 e. The van der Waals surface area contributed by atoms with Crippen molar-refractivity contribution in [2.45, 2.75) is 19.9 Å². The number of nitrogens with one attached hydrogen (secondary N) is 1. The summed E-state index contributed by atoms with van der Waals surface area (Å²) in [5, 5.41) is 12.0. The van der Waals surface area contributed by atoms with Crippen LogP contribution < -0.4 is 5.32 Å². The molecule has 5 nitrogen and oxygen atoms in total. The Bertz CT molecular complexity index is 450. The van der Waals surface area contributed by atoms with Crippen LogP contribution in [0.4, 0.5) is 0 Å². The van der Waals surface area contributed by atoms with Gasteiger partial charge in [-0.2, -0.15) is 5.26 Å². The minimum atomic E-state index is 0.00801. The third-order valence-electron chi connectivity index (χ3n) is 3.57. The van der Waals surface area contributed by atoms with Crippen LogP contribution >= 0.6 is 0 Å². The van der Waals surface area contributed by atoms with Gasteiger partial charge in [-0.15, -0.1) is 0 Å². The number of hydrogen-bond donors (Lipinski definition) is 1. The summed E-state index contributed by atoms with van der Waals surface area (Å²) in [5.74, 6) is 1.22. The maximum atomic E-state index is 12.5. The van der Waals surface area contributed by atoms with Crippen LogP contribution in [0.5, 0.6) is 0 Å². The molecule has 0 radical (unpaired) electrons. The molecule has 2 unspecified atom stereocenters. The topological polar surface area (TPSA) is 69.3 Å². The molecule has 1 aliphatic rings. The van der Waals surface area contributed by atoms with Gasteiger partial charge in [0.05, 0.1) is 31.2 Å². The van der Waals surface area contributed by atoms with Crippen molar-refractivity contribution in [1.29, 1.82) is 5.26 Å². The highest BCUT2D eigenvalue weighted by molar-refractivity contribution is 5.79. The standard InChI is InChI=1S/C14H19N3O2/c1-11-8-16-9-13(11)14(18)17(6-3-5-15)10-12-4-2-7-19-12/h2,4,7,11,13,16H,3,6,8-10H2,1H3. The Morgan fingerprint density at radius 1 is 1.63 bits per heavy atom. The van der Waals surface area contributed by atoms with Gasteiger partial charge in [0, 0.05) is 13.1 Å². The van der Waals surface area contributed by atoms with Crippen molar-refractivity contribution in [2.75, 3.05) is 19.6 Å². The van der Waals surface area contributed by atoms with Crippen molar-refractivity contribution in [3.63, 3.8) is 0 Å². The number of rotatable bonds is 5. The summed E-state index contributed by atoms with van der Waals surface area (Å²) in [6, 6.07) is 5.75. The molecule has 1 amide bonds. The first-order valence-corrected chi connectivity index (χ1v) is 6.61. The molecule has 2 heterocycles. The van der Waals surface area contributed by atoms with Gasteiger partial charge < -0.3 is 14.6 Å². The fourth-order valence-electron chi connectivity index (χ4n) is 2.42. The lowest BCUT2D eigenvalue weighted by molar-refractivity contribution is -0.136. The number of hydrogen-bond acceptors (Lipinski definition) is 4. The predicted octanol–water partition coefficient (Wildman–Crippen LogP) is 1.38. The summed E-state index contributed by atoms with van der Waals surface area (Å²) in [4.78, 5) is 14.3. The lowest BCUT2D eigenvalue weighted by Crippen LogP contribution is -2.38. The second kappa shape index (κ2) is 6.39. The molecule has 0 bridgehead atoms. The van der Waals surface area contributed by atoms with Crippen molar-refractivity contribution in [2.24, 2.45) is 11.8 Å². The third kappa shape index (κ3) is 3.36. The molecular formula is C14H19N3O2. The van der Waals surface area contributed by atoms with E-state index in [1.165, 1.54) is 0 Å². The second-order valence-corrected chi connectivity index (χ2v) is 4.99. The Labute approximate surface area is 113 Å². The molecule has 1 aromatic heterocycles. The number of amides is 1. The number of nitriles is 1. The maximum Gasteiger partial charge on any atom is 0.227 e. The van der Waals surface area contributed by atoms with Crippen LogP contribution in [0.1, 0.15) is 19.1 Å². The Morgan fingerprint density at radius 2 is 2.47 bits per heavy atom. The van der Waals surface area contributed by atoms with Crippen LogP contribution in [0, 0.1) is 23.2 Å². The molecule has 2 atom stereocenters. The fourth-order valence-corrected chi connectivity index (χ4v) is 2.42. The van der Waals surface area contributed by atoms with Gasteiger partial charge in [-0.1, -0.05) is 6.92 Å². The maximum absolute atomic E-state index is 12.5. The van der Waals surface area contributed by atoms with Crippen LogP contribution in [0.25, 0.3) is 0 Å². The lowest BCUT2D eigenvalue weighted by atomic mass is 9.96. The first-order chi connectivity index (χ1) is 9.22. The zero-order valence-electron chi connectivity index (χ0n) is 11.1. The zero-order chi connectivity index (χ0) is 13.7. The van der Waals surface area contributed by atoms with Gasteiger partial charge in [0.2, 0.25) is 5.91 Å². The molecule has 19 heavy (non-hydrogen) atoms. The molecule has 0 aromatic carbocycles. The van der Waals surface area contributed by atoms with E-state index in [4.69, 9.17) is 9.68 Å². The molecule has 1 saturated heterocycles. The lowest BCUT2D eigenvalue weighted by Gasteiger charge is -2.25. The summed E-state index contributed by atoms with van der Waals surface area (Å²) < 4.78 is 5.29. The highest BCUT2D eigenvalue weighted by Gasteiger charge is 2.32. The average Bonchev–Trinajstić information content (AvgIpc) is 3.05. The molecule has 2 rings (SSSR count). The molecule has 102 valence electrons. The molecule has 1 N–H and O–H groups in total.